The van der Waals surface area contributed by atoms with Crippen LogP contribution in [0, 0.1) is 5.92 Å². The normalized spacial score (nSPS) is 11.9. The molecule has 6 heteroatoms. The lowest BCUT2D eigenvalue weighted by Gasteiger charge is -2.18. The van der Waals surface area contributed by atoms with Crippen LogP contribution in [0.3, 0.4) is 0 Å². The van der Waals surface area contributed by atoms with Crippen LogP contribution in [0.25, 0.3) is 0 Å². The Labute approximate surface area is 368 Å². The summed E-state index contributed by atoms with van der Waals surface area (Å²) in [6, 6.07) is 0. The molecule has 0 fully saturated rings. The van der Waals surface area contributed by atoms with Gasteiger partial charge in [-0.05, 0) is 25.2 Å². The molecule has 0 saturated carbocycles. The number of unbranched alkanes of at least 4 members (excludes halogenated alkanes) is 35. The van der Waals surface area contributed by atoms with Gasteiger partial charge in [-0.2, -0.15) is 0 Å². The summed E-state index contributed by atoms with van der Waals surface area (Å²) < 4.78 is 16.8. The minimum absolute atomic E-state index is 0.0633. The largest absolute Gasteiger partial charge is 0.462 e. The third kappa shape index (κ3) is 47.3. The summed E-state index contributed by atoms with van der Waals surface area (Å²) in [5, 5.41) is 0. The number of carbonyl (C=O) groups is 3. The number of carbonyl (C=O) groups excluding carboxylic acids is 3. The molecular weight excluding hydrogens is 733 g/mol. The van der Waals surface area contributed by atoms with E-state index in [4.69, 9.17) is 14.2 Å². The van der Waals surface area contributed by atoms with Crippen LogP contribution in [0.4, 0.5) is 0 Å². The lowest BCUT2D eigenvalue weighted by molar-refractivity contribution is -0.167. The van der Waals surface area contributed by atoms with Gasteiger partial charge in [-0.3, -0.25) is 14.4 Å². The number of hydrogen-bond donors (Lipinski definition) is 0. The van der Waals surface area contributed by atoms with Crippen LogP contribution in [-0.2, 0) is 28.6 Å². The second kappa shape index (κ2) is 47.5. The topological polar surface area (TPSA) is 78.9 Å². The van der Waals surface area contributed by atoms with Gasteiger partial charge in [-0.15, -0.1) is 0 Å². The Morgan fingerprint density at radius 2 is 0.559 bits per heavy atom. The molecule has 0 N–H and O–H groups in total. The van der Waals surface area contributed by atoms with E-state index in [1.807, 2.05) is 0 Å². The first-order valence-electron chi connectivity index (χ1n) is 26.4. The zero-order valence-corrected chi connectivity index (χ0v) is 40.2. The maximum atomic E-state index is 12.8. The third-order valence-corrected chi connectivity index (χ3v) is 12.0. The van der Waals surface area contributed by atoms with Crippen molar-refractivity contribution in [2.45, 2.75) is 303 Å². The molecule has 0 aromatic heterocycles. The summed E-state index contributed by atoms with van der Waals surface area (Å²) in [6.07, 6.45) is 49.6. The Morgan fingerprint density at radius 1 is 0.322 bits per heavy atom. The monoisotopic (exact) mass is 835 g/mol. The van der Waals surface area contributed by atoms with Crippen LogP contribution >= 0.6 is 0 Å². The zero-order valence-electron chi connectivity index (χ0n) is 40.2. The summed E-state index contributed by atoms with van der Waals surface area (Å²) in [4.78, 5) is 37.8. The van der Waals surface area contributed by atoms with Gasteiger partial charge in [-0.1, -0.05) is 259 Å². The fraction of sp³-hybridized carbons (Fsp3) is 0.943. The molecule has 0 aliphatic heterocycles. The number of ether oxygens (including phenoxy) is 3. The van der Waals surface area contributed by atoms with E-state index >= 15 is 0 Å². The second-order valence-electron chi connectivity index (χ2n) is 18.6. The van der Waals surface area contributed by atoms with Crippen LogP contribution in [0.1, 0.15) is 297 Å². The molecule has 59 heavy (non-hydrogen) atoms. The standard InChI is InChI=1S/C53H102O6/c1-5-7-9-11-13-14-15-16-17-18-19-20-21-22-27-30-34-38-42-46-53(56)59-50(47-57-51(54)44-40-36-31-12-10-8-6-2)48-58-52(55)45-41-37-33-29-26-24-23-25-28-32-35-39-43-49(3)4/h49-50H,5-48H2,1-4H3/t50-/m1/s1. The Bertz CT molecular complexity index is 887. The fourth-order valence-corrected chi connectivity index (χ4v) is 8.04. The molecule has 0 saturated heterocycles. The van der Waals surface area contributed by atoms with Gasteiger partial charge in [0.15, 0.2) is 6.10 Å². The van der Waals surface area contributed by atoms with Crippen molar-refractivity contribution >= 4 is 17.9 Å². The van der Waals surface area contributed by atoms with Gasteiger partial charge in [0.05, 0.1) is 0 Å². The Morgan fingerprint density at radius 3 is 0.831 bits per heavy atom. The van der Waals surface area contributed by atoms with Crippen LogP contribution in [0.15, 0.2) is 0 Å². The van der Waals surface area contributed by atoms with Crippen LogP contribution in [0.5, 0.6) is 0 Å². The van der Waals surface area contributed by atoms with Crippen LogP contribution < -0.4 is 0 Å². The number of hydrogen-bond acceptors (Lipinski definition) is 6. The highest BCUT2D eigenvalue weighted by atomic mass is 16.6. The lowest BCUT2D eigenvalue weighted by atomic mass is 10.0. The minimum atomic E-state index is -0.759. The predicted molar refractivity (Wildman–Crippen MR) is 252 cm³/mol. The van der Waals surface area contributed by atoms with Gasteiger partial charge in [0.1, 0.15) is 13.2 Å². The van der Waals surface area contributed by atoms with E-state index in [1.165, 1.54) is 193 Å². The van der Waals surface area contributed by atoms with Crippen molar-refractivity contribution in [3.05, 3.63) is 0 Å². The minimum Gasteiger partial charge on any atom is -0.462 e. The highest BCUT2D eigenvalue weighted by Gasteiger charge is 2.19. The van der Waals surface area contributed by atoms with E-state index in [9.17, 15) is 14.4 Å². The molecule has 0 aromatic rings. The lowest BCUT2D eigenvalue weighted by Crippen LogP contribution is -2.30. The molecule has 0 unspecified atom stereocenters. The number of esters is 3. The van der Waals surface area contributed by atoms with Gasteiger partial charge >= 0.3 is 17.9 Å². The van der Waals surface area contributed by atoms with E-state index in [-0.39, 0.29) is 31.1 Å². The van der Waals surface area contributed by atoms with Crippen molar-refractivity contribution in [1.29, 1.82) is 0 Å². The van der Waals surface area contributed by atoms with Crippen molar-refractivity contribution in [3.8, 4) is 0 Å². The van der Waals surface area contributed by atoms with Crippen molar-refractivity contribution in [1.82, 2.24) is 0 Å². The summed E-state index contributed by atoms with van der Waals surface area (Å²) in [5.41, 5.74) is 0. The molecule has 0 bridgehead atoms. The summed E-state index contributed by atoms with van der Waals surface area (Å²) in [7, 11) is 0. The van der Waals surface area contributed by atoms with Gasteiger partial charge < -0.3 is 14.2 Å². The molecule has 6 nitrogen and oxygen atoms in total. The summed E-state index contributed by atoms with van der Waals surface area (Å²) >= 11 is 0. The molecular formula is C53H102O6. The predicted octanol–water partition coefficient (Wildman–Crippen LogP) is 17.1. The van der Waals surface area contributed by atoms with E-state index in [0.29, 0.717) is 19.3 Å². The maximum Gasteiger partial charge on any atom is 0.306 e. The van der Waals surface area contributed by atoms with Crippen molar-refractivity contribution < 1.29 is 28.6 Å². The van der Waals surface area contributed by atoms with E-state index in [2.05, 4.69) is 27.7 Å². The van der Waals surface area contributed by atoms with Crippen LogP contribution in [0.2, 0.25) is 0 Å². The first-order chi connectivity index (χ1) is 28.9. The highest BCUT2D eigenvalue weighted by molar-refractivity contribution is 5.71. The van der Waals surface area contributed by atoms with E-state index in [1.54, 1.807) is 0 Å². The Kier molecular flexibility index (Phi) is 46.2. The fourth-order valence-electron chi connectivity index (χ4n) is 8.04. The van der Waals surface area contributed by atoms with Gasteiger partial charge in [0, 0.05) is 19.3 Å². The molecule has 1 atom stereocenters. The van der Waals surface area contributed by atoms with Gasteiger partial charge in [0.2, 0.25) is 0 Å². The highest BCUT2D eigenvalue weighted by Crippen LogP contribution is 2.17. The Hall–Kier alpha value is -1.59. The quantitative estimate of drug-likeness (QED) is 0.0345. The van der Waals surface area contributed by atoms with Crippen LogP contribution in [-0.4, -0.2) is 37.2 Å². The third-order valence-electron chi connectivity index (χ3n) is 12.0. The van der Waals surface area contributed by atoms with Crippen molar-refractivity contribution in [2.75, 3.05) is 13.2 Å². The Balaban J connectivity index is 4.17. The summed E-state index contributed by atoms with van der Waals surface area (Å²) in [6.45, 7) is 8.99. The average Bonchev–Trinajstić information content (AvgIpc) is 3.22. The number of rotatable bonds is 48. The molecule has 0 aliphatic carbocycles. The van der Waals surface area contributed by atoms with Crippen molar-refractivity contribution in [3.63, 3.8) is 0 Å². The first kappa shape index (κ1) is 57.4. The molecule has 350 valence electrons. The zero-order chi connectivity index (χ0) is 43.1. The van der Waals surface area contributed by atoms with E-state index < -0.39 is 6.10 Å². The molecule has 0 amide bonds. The summed E-state index contributed by atoms with van der Waals surface area (Å²) in [5.74, 6) is -0.0168. The van der Waals surface area contributed by atoms with Gasteiger partial charge in [-0.25, -0.2) is 0 Å². The van der Waals surface area contributed by atoms with Gasteiger partial charge in [0.25, 0.3) is 0 Å². The first-order valence-corrected chi connectivity index (χ1v) is 26.4. The second-order valence-corrected chi connectivity index (χ2v) is 18.6. The maximum absolute atomic E-state index is 12.8. The smallest absolute Gasteiger partial charge is 0.306 e. The van der Waals surface area contributed by atoms with E-state index in [0.717, 1.165) is 63.7 Å². The molecule has 0 aliphatic rings. The SMILES string of the molecule is CCCCCCCCCCCCCCCCCCCCCC(=O)O[C@H](COC(=O)CCCCCCCCC)COC(=O)CCCCCCCCCCCCCCC(C)C. The molecule has 0 aromatic carbocycles. The molecule has 0 radical (unpaired) electrons. The molecule has 0 spiro atoms. The average molecular weight is 835 g/mol. The molecule has 0 rings (SSSR count). The van der Waals surface area contributed by atoms with Crippen molar-refractivity contribution in [2.24, 2.45) is 5.92 Å². The molecule has 0 heterocycles.